The quantitative estimate of drug-likeness (QED) is 0.136. The molecule has 0 saturated heterocycles. The molecule has 2 unspecified atom stereocenters. The molecule has 2 nitrogen and oxygen atoms in total. The van der Waals surface area contributed by atoms with Crippen LogP contribution in [0.4, 0.5) is 0 Å². The third-order valence-electron chi connectivity index (χ3n) is 3.90. The molecule has 0 fully saturated rings. The van der Waals surface area contributed by atoms with Crippen LogP contribution in [-0.4, -0.2) is 53.9 Å². The van der Waals surface area contributed by atoms with Crippen molar-refractivity contribution in [3.8, 4) is 0 Å². The Bertz CT molecular complexity index is 620. The van der Waals surface area contributed by atoms with E-state index in [-0.39, 0.29) is 10.2 Å². The second-order valence-electron chi connectivity index (χ2n) is 6.37. The van der Waals surface area contributed by atoms with E-state index in [1.165, 1.54) is 87.8 Å². The summed E-state index contributed by atoms with van der Waals surface area (Å²) in [7, 11) is 0. The van der Waals surface area contributed by atoms with Crippen LogP contribution in [0.3, 0.4) is 0 Å². The van der Waals surface area contributed by atoms with Crippen molar-refractivity contribution in [3.05, 3.63) is 45.9 Å². The number of thioether (sulfide) groups is 8. The van der Waals surface area contributed by atoms with E-state index in [4.69, 9.17) is 0 Å². The van der Waals surface area contributed by atoms with Gasteiger partial charge in [0.15, 0.2) is 0 Å². The zero-order valence-corrected chi connectivity index (χ0v) is 23.9. The molecule has 0 aromatic heterocycles. The first-order valence-corrected chi connectivity index (χ1v) is 17.8. The van der Waals surface area contributed by atoms with Crippen molar-refractivity contribution in [1.29, 1.82) is 0 Å². The molecule has 0 saturated carbocycles. The molecule has 0 N–H and O–H groups in total. The molecule has 2 aliphatic heterocycles. The summed E-state index contributed by atoms with van der Waals surface area (Å²) >= 11 is 14.4. The van der Waals surface area contributed by atoms with Crippen molar-refractivity contribution in [2.75, 3.05) is 34.5 Å². The minimum Gasteiger partial charge on any atom is -0.282 e. The monoisotopic (exact) mass is 568 g/mol. The van der Waals surface area contributed by atoms with Gasteiger partial charge in [0.05, 0.1) is 9.16 Å². The topological polar surface area (TPSA) is 34.1 Å². The molecule has 0 bridgehead atoms. The predicted molar refractivity (Wildman–Crippen MR) is 158 cm³/mol. The van der Waals surface area contributed by atoms with Crippen molar-refractivity contribution in [2.24, 2.45) is 0 Å². The molecule has 0 radical (unpaired) electrons. The van der Waals surface area contributed by atoms with Crippen LogP contribution >= 0.6 is 94.1 Å². The molecule has 172 valence electrons. The summed E-state index contributed by atoms with van der Waals surface area (Å²) in [4.78, 5) is 25.2. The Labute approximate surface area is 221 Å². The molecule has 31 heavy (non-hydrogen) atoms. The van der Waals surface area contributed by atoms with Gasteiger partial charge in [-0.15, -0.1) is 47.0 Å². The van der Waals surface area contributed by atoms with Gasteiger partial charge in [-0.3, -0.25) is 9.59 Å². The Morgan fingerprint density at radius 2 is 1.26 bits per heavy atom. The number of hydrogen-bond donors (Lipinski definition) is 0. The molecule has 0 amide bonds. The smallest absolute Gasteiger partial charge is 0.211 e. The van der Waals surface area contributed by atoms with E-state index < -0.39 is 0 Å². The van der Waals surface area contributed by atoms with Gasteiger partial charge in [-0.25, -0.2) is 0 Å². The van der Waals surface area contributed by atoms with E-state index in [0.29, 0.717) is 9.16 Å². The van der Waals surface area contributed by atoms with E-state index in [1.54, 1.807) is 0 Å². The van der Waals surface area contributed by atoms with Crippen molar-refractivity contribution in [3.63, 3.8) is 0 Å². The van der Waals surface area contributed by atoms with E-state index in [1.807, 2.05) is 47.0 Å². The number of rotatable bonds is 16. The molecule has 2 heterocycles. The number of hydrogen-bond acceptors (Lipinski definition) is 10. The van der Waals surface area contributed by atoms with Gasteiger partial charge >= 0.3 is 0 Å². The summed E-state index contributed by atoms with van der Waals surface area (Å²) < 4.78 is 1.20. The minimum absolute atomic E-state index is 0.0562. The van der Waals surface area contributed by atoms with Crippen molar-refractivity contribution < 1.29 is 9.59 Å². The molecule has 0 spiro atoms. The summed E-state index contributed by atoms with van der Waals surface area (Å²) in [6, 6.07) is 0. The van der Waals surface area contributed by atoms with E-state index in [2.05, 4.69) is 47.5 Å². The minimum atomic E-state index is 0.0562. The molecule has 0 aliphatic carbocycles. The van der Waals surface area contributed by atoms with Gasteiger partial charge in [-0.2, -0.15) is 23.5 Å². The summed E-state index contributed by atoms with van der Waals surface area (Å²) in [6.45, 7) is 7.03. The first-order chi connectivity index (χ1) is 15.1. The zero-order valence-electron chi connectivity index (χ0n) is 17.3. The number of unbranched alkanes of at least 4 members (excludes halogenated alkanes) is 2. The lowest BCUT2D eigenvalue weighted by Gasteiger charge is -2.09. The summed E-state index contributed by atoms with van der Waals surface area (Å²) in [5.74, 6) is 6.39. The highest BCUT2D eigenvalue weighted by atomic mass is 32.2. The van der Waals surface area contributed by atoms with E-state index in [9.17, 15) is 9.59 Å². The van der Waals surface area contributed by atoms with E-state index >= 15 is 0 Å². The first kappa shape index (κ1) is 28.3. The zero-order chi connectivity index (χ0) is 22.3. The van der Waals surface area contributed by atoms with Gasteiger partial charge in [0, 0.05) is 32.8 Å². The Morgan fingerprint density at radius 1 is 0.806 bits per heavy atom. The second kappa shape index (κ2) is 17.5. The van der Waals surface area contributed by atoms with Crippen LogP contribution < -0.4 is 0 Å². The molecule has 0 aromatic carbocycles. The Balaban J connectivity index is 1.36. The average molecular weight is 569 g/mol. The van der Waals surface area contributed by atoms with Crippen molar-refractivity contribution in [1.82, 2.24) is 0 Å². The summed E-state index contributed by atoms with van der Waals surface area (Å²) in [5, 5.41) is 4.55. The summed E-state index contributed by atoms with van der Waals surface area (Å²) in [5.41, 5.74) is 0. The molecule has 2 atom stereocenters. The molecular weight excluding hydrogens is 541 g/mol. The van der Waals surface area contributed by atoms with Gasteiger partial charge in [0.1, 0.15) is 0 Å². The molecule has 2 rings (SSSR count). The number of carbonyl (C=O) groups is 2. The van der Waals surface area contributed by atoms with Crippen LogP contribution in [0.15, 0.2) is 45.9 Å². The maximum absolute atomic E-state index is 11.3. The standard InChI is InChI=1S/C21H28O2S8/c1-3-18(22)26-10-16-12-28-20(30-16)14-24-8-6-5-7-9-25-15-21-29-13-17(31-21)11-27-19(23)4-2/h3-4,12-13,20-21H,1-2,5-11,14-15H2. The third kappa shape index (κ3) is 12.9. The predicted octanol–water partition coefficient (Wildman–Crippen LogP) is 7.81. The van der Waals surface area contributed by atoms with Crippen molar-refractivity contribution in [2.45, 2.75) is 28.4 Å². The normalized spacial score (nSPS) is 20.4. The van der Waals surface area contributed by atoms with Gasteiger partial charge in [-0.05, 0) is 47.3 Å². The fourth-order valence-corrected chi connectivity index (χ4v) is 12.1. The molecular formula is C21H28O2S8. The van der Waals surface area contributed by atoms with Gasteiger partial charge in [-0.1, -0.05) is 43.1 Å². The maximum Gasteiger partial charge on any atom is 0.211 e. The van der Waals surface area contributed by atoms with Crippen LogP contribution in [0.5, 0.6) is 0 Å². The highest BCUT2D eigenvalue weighted by molar-refractivity contribution is 8.25. The van der Waals surface area contributed by atoms with Gasteiger partial charge in [0.2, 0.25) is 10.2 Å². The molecule has 2 aliphatic rings. The molecule has 0 aromatic rings. The van der Waals surface area contributed by atoms with Crippen LogP contribution in [-0.2, 0) is 9.59 Å². The van der Waals surface area contributed by atoms with Crippen LogP contribution in [0, 0.1) is 0 Å². The SMILES string of the molecule is C=CC(=O)SCC1=CSC(CSCCCCCSCC2SC=C(CSC(=O)C=C)S2)S1. The highest BCUT2D eigenvalue weighted by Gasteiger charge is 2.20. The highest BCUT2D eigenvalue weighted by Crippen LogP contribution is 2.43. The van der Waals surface area contributed by atoms with Crippen molar-refractivity contribution >= 4 is 104 Å². The lowest BCUT2D eigenvalue weighted by molar-refractivity contribution is -0.107. The third-order valence-corrected chi connectivity index (χ3v) is 14.5. The molecule has 10 heteroatoms. The van der Waals surface area contributed by atoms with Crippen LogP contribution in [0.2, 0.25) is 0 Å². The maximum atomic E-state index is 11.3. The first-order valence-electron chi connectivity index (χ1n) is 9.87. The second-order valence-corrected chi connectivity index (χ2v) is 16.0. The Hall–Kier alpha value is 1.10. The van der Waals surface area contributed by atoms with Gasteiger partial charge < -0.3 is 0 Å². The number of carbonyl (C=O) groups excluding carboxylic acids is 2. The van der Waals surface area contributed by atoms with Crippen LogP contribution in [0.1, 0.15) is 19.3 Å². The lowest BCUT2D eigenvalue weighted by atomic mass is 10.3. The average Bonchev–Trinajstić information content (AvgIpc) is 3.43. The van der Waals surface area contributed by atoms with Crippen LogP contribution in [0.25, 0.3) is 0 Å². The summed E-state index contributed by atoms with van der Waals surface area (Å²) in [6.07, 6.45) is 6.68. The lowest BCUT2D eigenvalue weighted by Crippen LogP contribution is -1.99. The van der Waals surface area contributed by atoms with Gasteiger partial charge in [0.25, 0.3) is 0 Å². The fraction of sp³-hybridized carbons (Fsp3) is 0.524. The van der Waals surface area contributed by atoms with E-state index in [0.717, 1.165) is 11.5 Å². The Morgan fingerprint density at radius 3 is 1.68 bits per heavy atom. The fourth-order valence-electron chi connectivity index (χ4n) is 2.38. The Kier molecular flexibility index (Phi) is 16.0. The largest absolute Gasteiger partial charge is 0.282 e.